The summed E-state index contributed by atoms with van der Waals surface area (Å²) in [6, 6.07) is 22.6. The van der Waals surface area contributed by atoms with Crippen LogP contribution in [0.5, 0.6) is 0 Å². The fourth-order valence-corrected chi connectivity index (χ4v) is 4.88. The maximum atomic E-state index is 12.3. The van der Waals surface area contributed by atoms with Gasteiger partial charge in [0.15, 0.2) is 6.04 Å². The number of aryl methyl sites for hydroxylation is 1. The Hall–Kier alpha value is -4.36. The summed E-state index contributed by atoms with van der Waals surface area (Å²) < 4.78 is 0. The Balaban J connectivity index is 1.40. The zero-order chi connectivity index (χ0) is 25.1. The van der Waals surface area contributed by atoms with Crippen LogP contribution >= 0.6 is 0 Å². The molecule has 1 aliphatic carbocycles. The molecule has 0 spiro atoms. The van der Waals surface area contributed by atoms with E-state index in [0.717, 1.165) is 38.4 Å². The lowest BCUT2D eigenvalue weighted by Crippen LogP contribution is -2.42. The van der Waals surface area contributed by atoms with Crippen molar-refractivity contribution in [3.63, 3.8) is 0 Å². The quantitative estimate of drug-likeness (QED) is 0.278. The number of nitrogens with zero attached hydrogens (tertiary/aromatic N) is 3. The predicted octanol–water partition coefficient (Wildman–Crippen LogP) is 4.65. The number of hydrogen-bond donors (Lipinski definition) is 1. The molecule has 4 aromatic rings. The van der Waals surface area contributed by atoms with Crippen LogP contribution in [0.3, 0.4) is 0 Å². The molecule has 0 saturated heterocycles. The molecule has 1 atom stereocenters. The van der Waals surface area contributed by atoms with Crippen LogP contribution in [0.1, 0.15) is 28.2 Å². The summed E-state index contributed by atoms with van der Waals surface area (Å²) in [7, 11) is 0. The summed E-state index contributed by atoms with van der Waals surface area (Å²) in [5.74, 6) is -1.29. The van der Waals surface area contributed by atoms with E-state index in [1.54, 1.807) is 6.20 Å². The molecule has 180 valence electrons. The number of aromatic nitrogens is 2. The second-order valence-electron chi connectivity index (χ2n) is 8.76. The molecule has 1 unspecified atom stereocenters. The van der Waals surface area contributed by atoms with Gasteiger partial charge in [0.2, 0.25) is 6.41 Å². The zero-order valence-corrected chi connectivity index (χ0v) is 19.7. The summed E-state index contributed by atoms with van der Waals surface area (Å²) in [5.41, 5.74) is 7.58. The number of aliphatic carboxylic acids is 1. The molecule has 0 aliphatic heterocycles. The number of hydroxylamine groups is 2. The first-order chi connectivity index (χ1) is 17.6. The van der Waals surface area contributed by atoms with Crippen molar-refractivity contribution in [2.75, 3.05) is 6.61 Å². The average molecular weight is 480 g/mol. The SMILES string of the molecule is Cc1ccccc1-c1ncncc1CC(C(=O)O)N(C=O)OCC1c2ccccc2-c2ccccc21. The minimum Gasteiger partial charge on any atom is -0.480 e. The van der Waals surface area contributed by atoms with Crippen molar-refractivity contribution >= 4 is 12.4 Å². The number of rotatable bonds is 9. The van der Waals surface area contributed by atoms with Crippen LogP contribution in [0, 0.1) is 6.92 Å². The van der Waals surface area contributed by atoms with Crippen molar-refractivity contribution < 1.29 is 19.5 Å². The van der Waals surface area contributed by atoms with Crippen molar-refractivity contribution in [1.82, 2.24) is 15.0 Å². The van der Waals surface area contributed by atoms with Crippen molar-refractivity contribution in [3.8, 4) is 22.4 Å². The van der Waals surface area contributed by atoms with Gasteiger partial charge >= 0.3 is 5.97 Å². The number of amides is 1. The average Bonchev–Trinajstić information content (AvgIpc) is 3.22. The van der Waals surface area contributed by atoms with Gasteiger partial charge in [-0.15, -0.1) is 0 Å². The second kappa shape index (κ2) is 10.1. The Morgan fingerprint density at radius 1 is 1.00 bits per heavy atom. The number of carboxylic acid groups (broad SMARTS) is 1. The van der Waals surface area contributed by atoms with E-state index in [1.165, 1.54) is 6.33 Å². The normalized spacial score (nSPS) is 13.0. The molecular formula is C29H25N3O4. The number of benzene rings is 3. The molecule has 7 nitrogen and oxygen atoms in total. The number of hydrogen-bond acceptors (Lipinski definition) is 5. The lowest BCUT2D eigenvalue weighted by Gasteiger charge is -2.26. The van der Waals surface area contributed by atoms with E-state index < -0.39 is 12.0 Å². The van der Waals surface area contributed by atoms with E-state index in [4.69, 9.17) is 4.84 Å². The fourth-order valence-electron chi connectivity index (χ4n) is 4.88. The third kappa shape index (κ3) is 4.36. The fraction of sp³-hybridized carbons (Fsp3) is 0.172. The molecule has 3 aromatic carbocycles. The van der Waals surface area contributed by atoms with Crippen LogP contribution in [0.4, 0.5) is 0 Å². The van der Waals surface area contributed by atoms with Gasteiger partial charge in [-0.05, 0) is 40.3 Å². The van der Waals surface area contributed by atoms with Gasteiger partial charge in [-0.25, -0.2) is 19.8 Å². The third-order valence-electron chi connectivity index (χ3n) is 6.65. The van der Waals surface area contributed by atoms with Gasteiger partial charge < -0.3 is 5.11 Å². The van der Waals surface area contributed by atoms with Gasteiger partial charge in [0.25, 0.3) is 0 Å². The maximum Gasteiger partial charge on any atom is 0.329 e. The Morgan fingerprint density at radius 3 is 2.22 bits per heavy atom. The lowest BCUT2D eigenvalue weighted by molar-refractivity contribution is -0.196. The van der Waals surface area contributed by atoms with Crippen LogP contribution in [0.25, 0.3) is 22.4 Å². The van der Waals surface area contributed by atoms with Crippen LogP contribution in [-0.4, -0.2) is 45.2 Å². The Bertz CT molecular complexity index is 1380. The predicted molar refractivity (Wildman–Crippen MR) is 135 cm³/mol. The largest absolute Gasteiger partial charge is 0.480 e. The Morgan fingerprint density at radius 2 is 1.61 bits per heavy atom. The molecule has 0 saturated carbocycles. The topological polar surface area (TPSA) is 92.6 Å². The highest BCUT2D eigenvalue weighted by Crippen LogP contribution is 2.44. The van der Waals surface area contributed by atoms with Gasteiger partial charge in [0.05, 0.1) is 12.3 Å². The molecule has 5 rings (SSSR count). The number of carboxylic acids is 1. The lowest BCUT2D eigenvalue weighted by atomic mass is 9.98. The number of carbonyl (C=O) groups excluding carboxylic acids is 1. The van der Waals surface area contributed by atoms with Crippen LogP contribution in [0.2, 0.25) is 0 Å². The molecule has 1 aliphatic rings. The van der Waals surface area contributed by atoms with Crippen molar-refractivity contribution in [1.29, 1.82) is 0 Å². The Kier molecular flexibility index (Phi) is 6.56. The molecule has 0 bridgehead atoms. The van der Waals surface area contributed by atoms with Crippen molar-refractivity contribution in [2.45, 2.75) is 25.3 Å². The first kappa shape index (κ1) is 23.4. The third-order valence-corrected chi connectivity index (χ3v) is 6.65. The zero-order valence-electron chi connectivity index (χ0n) is 19.7. The smallest absolute Gasteiger partial charge is 0.329 e. The first-order valence-corrected chi connectivity index (χ1v) is 11.7. The van der Waals surface area contributed by atoms with Gasteiger partial charge in [0, 0.05) is 24.1 Å². The molecule has 36 heavy (non-hydrogen) atoms. The first-order valence-electron chi connectivity index (χ1n) is 11.7. The molecule has 0 fully saturated rings. The molecule has 7 heteroatoms. The van der Waals surface area contributed by atoms with E-state index >= 15 is 0 Å². The van der Waals surface area contributed by atoms with Crippen molar-refractivity contribution in [2.24, 2.45) is 0 Å². The van der Waals surface area contributed by atoms with Gasteiger partial charge in [-0.2, -0.15) is 0 Å². The molecular weight excluding hydrogens is 454 g/mol. The molecule has 1 N–H and O–H groups in total. The van der Waals surface area contributed by atoms with Crippen LogP contribution in [0.15, 0.2) is 85.3 Å². The van der Waals surface area contributed by atoms with Crippen LogP contribution in [-0.2, 0) is 20.8 Å². The van der Waals surface area contributed by atoms with Gasteiger partial charge in [-0.1, -0.05) is 72.8 Å². The number of carbonyl (C=O) groups is 2. The highest BCUT2D eigenvalue weighted by Gasteiger charge is 2.32. The van der Waals surface area contributed by atoms with Gasteiger partial charge in [-0.3, -0.25) is 9.63 Å². The summed E-state index contributed by atoms with van der Waals surface area (Å²) in [5, 5.41) is 10.9. The second-order valence-corrected chi connectivity index (χ2v) is 8.76. The van der Waals surface area contributed by atoms with E-state index in [-0.39, 0.29) is 18.9 Å². The van der Waals surface area contributed by atoms with E-state index in [1.807, 2.05) is 67.6 Å². The minimum absolute atomic E-state index is 0.00355. The molecule has 1 aromatic heterocycles. The molecule has 1 heterocycles. The maximum absolute atomic E-state index is 12.3. The molecule has 0 radical (unpaired) electrons. The van der Waals surface area contributed by atoms with Gasteiger partial charge in [0.1, 0.15) is 6.33 Å². The Labute approximate surface area is 209 Å². The monoisotopic (exact) mass is 479 g/mol. The van der Waals surface area contributed by atoms with Crippen LogP contribution < -0.4 is 0 Å². The number of fused-ring (bicyclic) bond motifs is 3. The minimum atomic E-state index is -1.25. The molecule has 1 amide bonds. The van der Waals surface area contributed by atoms with E-state index in [2.05, 4.69) is 22.1 Å². The van der Waals surface area contributed by atoms with Crippen molar-refractivity contribution in [3.05, 3.63) is 108 Å². The summed E-state index contributed by atoms with van der Waals surface area (Å²) >= 11 is 0. The van der Waals surface area contributed by atoms with E-state index in [0.29, 0.717) is 17.7 Å². The standard InChI is InChI=1S/C29H25N3O4/c1-19-8-2-3-9-21(19)28-20(15-30-17-31-28)14-27(29(34)35)32(18-33)36-16-26-24-12-6-4-10-22(24)23-11-5-7-13-25(23)26/h2-13,15,17-18,26-27H,14,16H2,1H3,(H,34,35). The highest BCUT2D eigenvalue weighted by atomic mass is 16.7. The summed E-state index contributed by atoms with van der Waals surface area (Å²) in [4.78, 5) is 38.8. The summed E-state index contributed by atoms with van der Waals surface area (Å²) in [6.45, 7) is 2.10. The summed E-state index contributed by atoms with van der Waals surface area (Å²) in [6.07, 6.45) is 3.46. The highest BCUT2D eigenvalue weighted by molar-refractivity contribution is 5.79. The van der Waals surface area contributed by atoms with E-state index in [9.17, 15) is 14.7 Å².